The van der Waals surface area contributed by atoms with Crippen molar-refractivity contribution in [2.45, 2.75) is 12.7 Å². The number of anilines is 2. The number of alkyl halides is 2. The highest BCUT2D eigenvalue weighted by Crippen LogP contribution is 2.31. The van der Waals surface area contributed by atoms with Gasteiger partial charge in [-0.1, -0.05) is 0 Å². The minimum atomic E-state index is -3.13. The van der Waals surface area contributed by atoms with E-state index in [1.54, 1.807) is 7.05 Å². The average molecular weight is 294 g/mol. The maximum absolute atomic E-state index is 13.4. The molecule has 8 heteroatoms. The summed E-state index contributed by atoms with van der Waals surface area (Å²) in [5, 5.41) is 9.61. The van der Waals surface area contributed by atoms with Crippen LogP contribution in [-0.4, -0.2) is 45.1 Å². The van der Waals surface area contributed by atoms with E-state index in [4.69, 9.17) is 10.5 Å². The Morgan fingerprint density at radius 2 is 2.05 bits per heavy atom. The minimum absolute atomic E-state index is 0.0521. The number of benzene rings is 1. The molecular formula is C12H17F3N2O3. The van der Waals surface area contributed by atoms with E-state index in [2.05, 4.69) is 4.74 Å². The first kappa shape index (κ1) is 16.4. The second-order valence-corrected chi connectivity index (χ2v) is 4.21. The van der Waals surface area contributed by atoms with E-state index in [0.717, 1.165) is 12.1 Å². The monoisotopic (exact) mass is 294 g/mol. The van der Waals surface area contributed by atoms with Gasteiger partial charge in [0.25, 0.3) is 0 Å². The van der Waals surface area contributed by atoms with Gasteiger partial charge in [0.1, 0.15) is 0 Å². The Morgan fingerprint density at radius 1 is 1.40 bits per heavy atom. The van der Waals surface area contributed by atoms with Gasteiger partial charge in [-0.05, 0) is 0 Å². The molecule has 0 aliphatic rings. The molecule has 0 aliphatic heterocycles. The second kappa shape index (κ2) is 7.20. The Hall–Kier alpha value is -1.67. The van der Waals surface area contributed by atoms with E-state index < -0.39 is 24.3 Å². The van der Waals surface area contributed by atoms with Gasteiger partial charge in [0.2, 0.25) is 0 Å². The Balaban J connectivity index is 2.93. The topological polar surface area (TPSA) is 68.0 Å². The molecule has 0 bridgehead atoms. The molecule has 20 heavy (non-hydrogen) atoms. The lowest BCUT2D eigenvalue weighted by Crippen LogP contribution is -2.32. The van der Waals surface area contributed by atoms with Gasteiger partial charge in [-0.25, -0.2) is 4.39 Å². The van der Waals surface area contributed by atoms with Crippen LogP contribution in [0.5, 0.6) is 5.75 Å². The maximum atomic E-state index is 13.4. The normalized spacial score (nSPS) is 12.6. The summed E-state index contributed by atoms with van der Waals surface area (Å²) in [4.78, 5) is 1.50. The molecular weight excluding hydrogens is 277 g/mol. The van der Waals surface area contributed by atoms with Crippen molar-refractivity contribution in [1.82, 2.24) is 0 Å². The number of likely N-dealkylation sites (N-methyl/N-ethyl adjacent to an activating group) is 1. The Bertz CT molecular complexity index is 446. The molecule has 0 fully saturated rings. The molecule has 0 saturated heterocycles. The van der Waals surface area contributed by atoms with Gasteiger partial charge in [0.05, 0.1) is 24.1 Å². The SMILES string of the molecule is COCC(O)CN(C)c1cc(OC(F)F)c(F)cc1N. The van der Waals surface area contributed by atoms with E-state index in [0.29, 0.717) is 0 Å². The fourth-order valence-corrected chi connectivity index (χ4v) is 1.73. The summed E-state index contributed by atoms with van der Waals surface area (Å²) in [7, 11) is 3.01. The molecule has 1 aromatic rings. The van der Waals surface area contributed by atoms with Crippen molar-refractivity contribution in [3.8, 4) is 5.75 Å². The molecule has 1 rings (SSSR count). The van der Waals surface area contributed by atoms with Crippen LogP contribution < -0.4 is 15.4 Å². The molecule has 0 radical (unpaired) electrons. The van der Waals surface area contributed by atoms with Crippen molar-refractivity contribution in [1.29, 1.82) is 0 Å². The number of nitrogen functional groups attached to an aromatic ring is 1. The number of nitrogens with two attached hydrogens (primary N) is 1. The molecule has 5 nitrogen and oxygen atoms in total. The molecule has 114 valence electrons. The predicted octanol–water partition coefficient (Wildman–Crippen LogP) is 1.45. The first-order chi connectivity index (χ1) is 9.35. The van der Waals surface area contributed by atoms with E-state index in [1.807, 2.05) is 0 Å². The molecule has 0 spiro atoms. The number of hydrogen-bond acceptors (Lipinski definition) is 5. The zero-order chi connectivity index (χ0) is 15.3. The van der Waals surface area contributed by atoms with E-state index >= 15 is 0 Å². The quantitative estimate of drug-likeness (QED) is 0.745. The molecule has 0 aromatic heterocycles. The van der Waals surface area contributed by atoms with Crippen LogP contribution in [0.1, 0.15) is 0 Å². The molecule has 0 heterocycles. The van der Waals surface area contributed by atoms with Gasteiger partial charge in [0, 0.05) is 32.8 Å². The molecule has 1 aromatic carbocycles. The summed E-state index contributed by atoms with van der Waals surface area (Å²) in [5.74, 6) is -1.57. The standard InChI is InChI=1S/C12H17F3N2O3/c1-17(5-7(18)6-19-2)10-4-11(20-12(14)15)8(13)3-9(10)16/h3-4,7,12,18H,5-6,16H2,1-2H3. The number of ether oxygens (including phenoxy) is 2. The fraction of sp³-hybridized carbons (Fsp3) is 0.500. The van der Waals surface area contributed by atoms with Gasteiger partial charge in [-0.3, -0.25) is 0 Å². The zero-order valence-electron chi connectivity index (χ0n) is 11.1. The van der Waals surface area contributed by atoms with Crippen molar-refractivity contribution in [3.05, 3.63) is 17.9 Å². The first-order valence-electron chi connectivity index (χ1n) is 5.77. The number of nitrogens with zero attached hydrogens (tertiary/aromatic N) is 1. The van der Waals surface area contributed by atoms with Crippen molar-refractivity contribution >= 4 is 11.4 Å². The number of aliphatic hydroxyl groups excluding tert-OH is 1. The molecule has 3 N–H and O–H groups in total. The van der Waals surface area contributed by atoms with E-state index in [-0.39, 0.29) is 24.5 Å². The van der Waals surface area contributed by atoms with Crippen LogP contribution in [0.3, 0.4) is 0 Å². The van der Waals surface area contributed by atoms with Crippen LogP contribution in [0.4, 0.5) is 24.5 Å². The number of aliphatic hydroxyl groups is 1. The van der Waals surface area contributed by atoms with Crippen LogP contribution in [0.2, 0.25) is 0 Å². The highest BCUT2D eigenvalue weighted by Gasteiger charge is 2.17. The number of rotatable bonds is 7. The van der Waals surface area contributed by atoms with Crippen molar-refractivity contribution in [3.63, 3.8) is 0 Å². The van der Waals surface area contributed by atoms with Crippen LogP contribution in [0.25, 0.3) is 0 Å². The summed E-state index contributed by atoms with van der Waals surface area (Å²) in [5.41, 5.74) is 5.96. The average Bonchev–Trinajstić information content (AvgIpc) is 2.32. The van der Waals surface area contributed by atoms with Crippen molar-refractivity contribution < 1.29 is 27.8 Å². The van der Waals surface area contributed by atoms with Gasteiger partial charge in [-0.2, -0.15) is 8.78 Å². The number of methoxy groups -OCH3 is 1. The largest absolute Gasteiger partial charge is 0.432 e. The number of halogens is 3. The first-order valence-corrected chi connectivity index (χ1v) is 5.77. The van der Waals surface area contributed by atoms with Crippen LogP contribution in [-0.2, 0) is 4.74 Å². The molecule has 1 atom stereocenters. The minimum Gasteiger partial charge on any atom is -0.432 e. The highest BCUT2D eigenvalue weighted by atomic mass is 19.3. The highest BCUT2D eigenvalue weighted by molar-refractivity contribution is 5.69. The molecule has 0 amide bonds. The zero-order valence-corrected chi connectivity index (χ0v) is 11.1. The third-order valence-corrected chi connectivity index (χ3v) is 2.55. The Kier molecular flexibility index (Phi) is 5.90. The van der Waals surface area contributed by atoms with Gasteiger partial charge in [-0.15, -0.1) is 0 Å². The lowest BCUT2D eigenvalue weighted by molar-refractivity contribution is -0.0521. The number of hydrogen-bond donors (Lipinski definition) is 2. The van der Waals surface area contributed by atoms with E-state index in [1.165, 1.54) is 12.0 Å². The fourth-order valence-electron chi connectivity index (χ4n) is 1.73. The summed E-state index contributed by atoms with van der Waals surface area (Å²) < 4.78 is 46.6. The lowest BCUT2D eigenvalue weighted by Gasteiger charge is -2.24. The van der Waals surface area contributed by atoms with Crippen molar-refractivity contribution in [2.75, 3.05) is 37.9 Å². The summed E-state index contributed by atoms with van der Waals surface area (Å²) in [6, 6.07) is 1.96. The Labute approximate surface area is 114 Å². The summed E-state index contributed by atoms with van der Waals surface area (Å²) >= 11 is 0. The second-order valence-electron chi connectivity index (χ2n) is 4.21. The summed E-state index contributed by atoms with van der Waals surface area (Å²) in [6.07, 6.45) is -0.797. The van der Waals surface area contributed by atoms with Gasteiger partial charge < -0.3 is 25.2 Å². The predicted molar refractivity (Wildman–Crippen MR) is 68.6 cm³/mol. The van der Waals surface area contributed by atoms with E-state index in [9.17, 15) is 18.3 Å². The third-order valence-electron chi connectivity index (χ3n) is 2.55. The lowest BCUT2D eigenvalue weighted by atomic mass is 10.2. The van der Waals surface area contributed by atoms with Crippen LogP contribution in [0.15, 0.2) is 12.1 Å². The molecule has 0 saturated carbocycles. The van der Waals surface area contributed by atoms with Crippen molar-refractivity contribution in [2.24, 2.45) is 0 Å². The smallest absolute Gasteiger partial charge is 0.387 e. The van der Waals surface area contributed by atoms with Crippen LogP contribution >= 0.6 is 0 Å². The third kappa shape index (κ3) is 4.46. The van der Waals surface area contributed by atoms with Gasteiger partial charge >= 0.3 is 6.61 Å². The maximum Gasteiger partial charge on any atom is 0.387 e. The molecule has 1 unspecified atom stereocenters. The van der Waals surface area contributed by atoms with Gasteiger partial charge in [0.15, 0.2) is 11.6 Å². The Morgan fingerprint density at radius 3 is 2.60 bits per heavy atom. The van der Waals surface area contributed by atoms with Crippen LogP contribution in [0, 0.1) is 5.82 Å². The summed E-state index contributed by atoms with van der Waals surface area (Å²) in [6.45, 7) is -2.89. The molecule has 0 aliphatic carbocycles.